The zero-order valence-electron chi connectivity index (χ0n) is 29.3. The number of rotatable bonds is 4. The fraction of sp³-hybridized carbons (Fsp3) is 0. The molecule has 4 nitrogen and oxygen atoms in total. The highest BCUT2D eigenvalue weighted by atomic mass is 16.6. The van der Waals surface area contributed by atoms with E-state index in [-0.39, 0.29) is 38.7 Å². The second-order valence-electron chi connectivity index (χ2n) is 7.36. The normalized spacial score (nSPS) is 16.1. The molecule has 0 unspecified atom stereocenters. The Morgan fingerprint density at radius 3 is 2.24 bits per heavy atom. The van der Waals surface area contributed by atoms with E-state index in [4.69, 9.17) is 15.1 Å². The fourth-order valence-corrected chi connectivity index (χ4v) is 3.94. The van der Waals surface area contributed by atoms with Crippen molar-refractivity contribution in [3.63, 3.8) is 0 Å². The first-order valence-corrected chi connectivity index (χ1v) is 10.2. The van der Waals surface area contributed by atoms with Crippen LogP contribution in [0.5, 0.6) is 0 Å². The third-order valence-electron chi connectivity index (χ3n) is 5.43. The third-order valence-corrected chi connectivity index (χ3v) is 5.43. The Morgan fingerprint density at radius 1 is 0.706 bits per heavy atom. The second kappa shape index (κ2) is 8.01. The molecule has 0 aliphatic rings. The van der Waals surface area contributed by atoms with E-state index < -0.39 is 88.6 Å². The van der Waals surface area contributed by atoms with Gasteiger partial charge in [-0.05, 0) is 40.9 Å². The molecule has 0 bridgehead atoms. The molecule has 4 heteroatoms. The highest BCUT2D eigenvalue weighted by Gasteiger charge is 2.19. The Hall–Kier alpha value is -4.70. The molecule has 0 atom stereocenters. The van der Waals surface area contributed by atoms with E-state index in [2.05, 4.69) is 0 Å². The average molecular weight is 453 g/mol. The van der Waals surface area contributed by atoms with Crippen LogP contribution in [-0.2, 0) is 0 Å². The molecule has 0 fully saturated rings. The maximum Gasteiger partial charge on any atom is 0.279 e. The molecule has 0 saturated carbocycles. The standard InChI is InChI=1S/C30H20N2O2/c33-32(34)30-20-24(16-18-25(30)22-11-5-2-6-12-22)31-28-14-8-7-13-26(28)27-17-15-23(19-29(27)31)21-9-3-1-4-10-21/h1-20H/i1D,3D,4D,7D,8D,9D,10D,13D,14D,15D,17D,19D. The lowest BCUT2D eigenvalue weighted by atomic mass is 10.0. The number of nitro groups is 1. The van der Waals surface area contributed by atoms with Gasteiger partial charge < -0.3 is 4.57 Å². The van der Waals surface area contributed by atoms with E-state index in [0.717, 1.165) is 0 Å². The smallest absolute Gasteiger partial charge is 0.279 e. The van der Waals surface area contributed by atoms with Crippen molar-refractivity contribution in [2.24, 2.45) is 0 Å². The summed E-state index contributed by atoms with van der Waals surface area (Å²) in [7, 11) is 0. The monoisotopic (exact) mass is 452 g/mol. The van der Waals surface area contributed by atoms with Crippen LogP contribution < -0.4 is 0 Å². The van der Waals surface area contributed by atoms with Gasteiger partial charge in [-0.2, -0.15) is 0 Å². The summed E-state index contributed by atoms with van der Waals surface area (Å²) in [6.45, 7) is 0. The Balaban J connectivity index is 1.86. The van der Waals surface area contributed by atoms with Gasteiger partial charge in [-0.1, -0.05) is 90.8 Å². The molecule has 0 spiro atoms. The van der Waals surface area contributed by atoms with E-state index in [1.807, 2.05) is 0 Å². The third kappa shape index (κ3) is 3.24. The summed E-state index contributed by atoms with van der Waals surface area (Å²) in [5.74, 6) is 0. The zero-order valence-corrected chi connectivity index (χ0v) is 17.3. The van der Waals surface area contributed by atoms with Crippen molar-refractivity contribution >= 4 is 27.5 Å². The van der Waals surface area contributed by atoms with E-state index in [1.54, 1.807) is 30.3 Å². The molecular weight excluding hydrogens is 420 g/mol. The molecule has 1 aromatic heterocycles. The fourth-order valence-electron chi connectivity index (χ4n) is 3.94. The first kappa shape index (κ1) is 10.9. The summed E-state index contributed by atoms with van der Waals surface area (Å²) in [5.41, 5.74) is -1.08. The minimum absolute atomic E-state index is 0.00551. The molecule has 34 heavy (non-hydrogen) atoms. The predicted octanol–water partition coefficient (Wildman–Crippen LogP) is 8.03. The van der Waals surface area contributed by atoms with Gasteiger partial charge in [0.1, 0.15) is 0 Å². The van der Waals surface area contributed by atoms with Gasteiger partial charge >= 0.3 is 0 Å². The minimum Gasteiger partial charge on any atom is -0.309 e. The summed E-state index contributed by atoms with van der Waals surface area (Å²) in [6.07, 6.45) is 0. The van der Waals surface area contributed by atoms with Crippen LogP contribution in [0, 0.1) is 10.1 Å². The number of fused-ring (bicyclic) bond motifs is 3. The lowest BCUT2D eigenvalue weighted by Crippen LogP contribution is -1.98. The zero-order chi connectivity index (χ0) is 33.5. The number of hydrogen-bond acceptors (Lipinski definition) is 2. The van der Waals surface area contributed by atoms with E-state index in [0.29, 0.717) is 5.56 Å². The molecule has 0 saturated heterocycles. The van der Waals surface area contributed by atoms with E-state index >= 15 is 0 Å². The maximum atomic E-state index is 12.3. The highest BCUT2D eigenvalue weighted by Crippen LogP contribution is 2.37. The van der Waals surface area contributed by atoms with Gasteiger partial charge in [0.05, 0.1) is 43.7 Å². The van der Waals surface area contributed by atoms with Gasteiger partial charge in [0.25, 0.3) is 5.69 Å². The molecule has 1 heterocycles. The molecule has 162 valence electrons. The summed E-state index contributed by atoms with van der Waals surface area (Å²) >= 11 is 0. The number of aromatic nitrogens is 1. The molecular formula is C30H20N2O2. The van der Waals surface area contributed by atoms with Gasteiger partial charge in [0.2, 0.25) is 0 Å². The van der Waals surface area contributed by atoms with E-state index in [9.17, 15) is 11.5 Å². The number of benzene rings is 5. The molecule has 0 N–H and O–H groups in total. The summed E-state index contributed by atoms with van der Waals surface area (Å²) < 4.78 is 104. The second-order valence-corrected chi connectivity index (χ2v) is 7.36. The van der Waals surface area contributed by atoms with Crippen molar-refractivity contribution in [2.75, 3.05) is 0 Å². The molecule has 0 aliphatic carbocycles. The van der Waals surface area contributed by atoms with Crippen LogP contribution in [0.15, 0.2) is 121 Å². The van der Waals surface area contributed by atoms with Crippen LogP contribution >= 0.6 is 0 Å². The van der Waals surface area contributed by atoms with Gasteiger partial charge in [-0.25, -0.2) is 0 Å². The Labute approximate surface area is 213 Å². The number of hydrogen-bond donors (Lipinski definition) is 0. The van der Waals surface area contributed by atoms with Crippen LogP contribution in [0.1, 0.15) is 16.4 Å². The van der Waals surface area contributed by atoms with Gasteiger partial charge in [0, 0.05) is 16.8 Å². The SMILES string of the molecule is [2H]c1c([2H])c([2H])c(-c2c([2H])c([2H])c3c4c([2H])c([2H])c([2H])c([2H])c4n(-c4ccc(-c5ccccc5)c([N+](=O)[O-])c4)c3c2[2H])c([2H])c1[2H]. The quantitative estimate of drug-likeness (QED) is 0.201. The highest BCUT2D eigenvalue weighted by molar-refractivity contribution is 6.10. The van der Waals surface area contributed by atoms with Crippen molar-refractivity contribution in [1.29, 1.82) is 0 Å². The van der Waals surface area contributed by atoms with Crippen molar-refractivity contribution in [2.45, 2.75) is 0 Å². The van der Waals surface area contributed by atoms with Crippen LogP contribution in [0.2, 0.25) is 0 Å². The predicted molar refractivity (Wildman–Crippen MR) is 138 cm³/mol. The van der Waals surface area contributed by atoms with Gasteiger partial charge in [-0.3, -0.25) is 10.1 Å². The number of nitrogens with zero attached hydrogens (tertiary/aromatic N) is 2. The summed E-state index contributed by atoms with van der Waals surface area (Å²) in [4.78, 5) is 11.7. The molecule has 6 aromatic rings. The average Bonchev–Trinajstić information content (AvgIpc) is 3.42. The van der Waals surface area contributed by atoms with Crippen molar-refractivity contribution in [1.82, 2.24) is 4.57 Å². The lowest BCUT2D eigenvalue weighted by molar-refractivity contribution is -0.384. The summed E-state index contributed by atoms with van der Waals surface area (Å²) in [5, 5.41) is 11.9. The molecule has 0 radical (unpaired) electrons. The number of nitro benzene ring substituents is 1. The molecule has 0 aliphatic heterocycles. The van der Waals surface area contributed by atoms with Crippen molar-refractivity contribution in [3.05, 3.63) is 131 Å². The summed E-state index contributed by atoms with van der Waals surface area (Å²) in [6, 6.07) is 4.61. The molecule has 6 rings (SSSR count). The van der Waals surface area contributed by atoms with Crippen LogP contribution in [0.25, 0.3) is 49.7 Å². The van der Waals surface area contributed by atoms with Crippen molar-refractivity contribution in [3.8, 4) is 27.9 Å². The van der Waals surface area contributed by atoms with Gasteiger partial charge in [-0.15, -0.1) is 0 Å². The largest absolute Gasteiger partial charge is 0.309 e. The first-order chi connectivity index (χ1) is 21.7. The minimum atomic E-state index is -0.728. The van der Waals surface area contributed by atoms with Gasteiger partial charge in [0.15, 0.2) is 0 Å². The Kier molecular flexibility index (Phi) is 2.58. The van der Waals surface area contributed by atoms with Crippen molar-refractivity contribution < 1.29 is 21.4 Å². The Bertz CT molecular complexity index is 2290. The molecule has 0 amide bonds. The van der Waals surface area contributed by atoms with Crippen LogP contribution in [0.3, 0.4) is 0 Å². The molecule has 5 aromatic carbocycles. The lowest BCUT2D eigenvalue weighted by Gasteiger charge is -2.11. The number of para-hydroxylation sites is 1. The van der Waals surface area contributed by atoms with E-state index in [1.165, 1.54) is 22.8 Å². The Morgan fingerprint density at radius 2 is 1.44 bits per heavy atom. The van der Waals surface area contributed by atoms with Crippen LogP contribution in [-0.4, -0.2) is 9.49 Å². The van der Waals surface area contributed by atoms with Crippen LogP contribution in [0.4, 0.5) is 5.69 Å². The maximum absolute atomic E-state index is 12.3. The topological polar surface area (TPSA) is 48.1 Å². The first-order valence-electron chi connectivity index (χ1n) is 16.2.